The van der Waals surface area contributed by atoms with Gasteiger partial charge >= 0.3 is 6.09 Å². The van der Waals surface area contributed by atoms with Crippen LogP contribution in [0.2, 0.25) is 0 Å². The smallest absolute Gasteiger partial charge is 0.410 e. The molecule has 1 aromatic carbocycles. The number of carbonyl (C=O) groups is 1. The Morgan fingerprint density at radius 2 is 2.00 bits per heavy atom. The first-order valence-corrected chi connectivity index (χ1v) is 8.97. The van der Waals surface area contributed by atoms with Crippen molar-refractivity contribution in [2.75, 3.05) is 18.4 Å². The van der Waals surface area contributed by atoms with E-state index in [1.165, 1.54) is 17.0 Å². The molecule has 1 saturated heterocycles. The first-order valence-electron chi connectivity index (χ1n) is 7.42. The number of nitrogens with two attached hydrogens (primary N) is 1. The van der Waals surface area contributed by atoms with E-state index < -0.39 is 32.3 Å². The van der Waals surface area contributed by atoms with Gasteiger partial charge in [-0.15, -0.1) is 0 Å². The van der Waals surface area contributed by atoms with Gasteiger partial charge < -0.3 is 15.0 Å². The molecule has 2 rings (SSSR count). The lowest BCUT2D eigenvalue weighted by Crippen LogP contribution is -2.57. The number of benzene rings is 1. The van der Waals surface area contributed by atoms with E-state index in [0.29, 0.717) is 13.1 Å². The zero-order valence-electron chi connectivity index (χ0n) is 14.1. The Kier molecular flexibility index (Phi) is 4.91. The van der Waals surface area contributed by atoms with E-state index in [-0.39, 0.29) is 16.6 Å². The largest absolute Gasteiger partial charge is 0.444 e. The number of nitro benzene ring substituents is 1. The van der Waals surface area contributed by atoms with Crippen molar-refractivity contribution < 1.29 is 22.9 Å². The molecule has 25 heavy (non-hydrogen) atoms. The van der Waals surface area contributed by atoms with Gasteiger partial charge in [-0.25, -0.2) is 18.4 Å². The van der Waals surface area contributed by atoms with Gasteiger partial charge in [0.1, 0.15) is 11.3 Å². The zero-order valence-corrected chi connectivity index (χ0v) is 14.9. The highest BCUT2D eigenvalue weighted by atomic mass is 32.2. The van der Waals surface area contributed by atoms with E-state index in [2.05, 4.69) is 5.32 Å². The normalized spacial score (nSPS) is 15.4. The quantitative estimate of drug-likeness (QED) is 0.598. The van der Waals surface area contributed by atoms with Crippen LogP contribution in [-0.4, -0.2) is 49.1 Å². The van der Waals surface area contributed by atoms with Gasteiger partial charge in [-0.1, -0.05) is 0 Å². The van der Waals surface area contributed by atoms with Crippen molar-refractivity contribution in [2.45, 2.75) is 37.3 Å². The molecule has 1 aliphatic heterocycles. The number of carbonyl (C=O) groups excluding carboxylic acids is 1. The standard InChI is InChI=1S/C14H20N4O6S/c1-14(2,3)24-13(19)17-7-9(8-17)16-11-5-4-10(25(15,22)23)6-12(11)18(20)21/h4-6,9,16H,7-8H2,1-3H3,(H2,15,22,23). The third-order valence-corrected chi connectivity index (χ3v) is 4.30. The number of primary sulfonamides is 1. The fraction of sp³-hybridized carbons (Fsp3) is 0.500. The molecule has 0 unspecified atom stereocenters. The van der Waals surface area contributed by atoms with E-state index in [1.807, 2.05) is 0 Å². The van der Waals surface area contributed by atoms with Gasteiger partial charge in [-0.2, -0.15) is 0 Å². The minimum atomic E-state index is -4.03. The van der Waals surface area contributed by atoms with Gasteiger partial charge in [0.05, 0.1) is 15.9 Å². The summed E-state index contributed by atoms with van der Waals surface area (Å²) in [6.45, 7) is 5.93. The van der Waals surface area contributed by atoms with Crippen molar-refractivity contribution in [1.29, 1.82) is 0 Å². The molecule has 0 atom stereocenters. The number of likely N-dealkylation sites (tertiary alicyclic amines) is 1. The number of rotatable bonds is 4. The average molecular weight is 372 g/mol. The van der Waals surface area contributed by atoms with Gasteiger partial charge in [0.15, 0.2) is 0 Å². The number of amides is 1. The molecule has 11 heteroatoms. The lowest BCUT2D eigenvalue weighted by atomic mass is 10.1. The number of nitrogens with one attached hydrogen (secondary N) is 1. The van der Waals surface area contributed by atoms with Crippen LogP contribution in [0.1, 0.15) is 20.8 Å². The van der Waals surface area contributed by atoms with Gasteiger partial charge in [0, 0.05) is 19.2 Å². The maximum atomic E-state index is 11.9. The first kappa shape index (κ1) is 18.9. The van der Waals surface area contributed by atoms with Crippen LogP contribution >= 0.6 is 0 Å². The Labute approximate surface area is 145 Å². The van der Waals surface area contributed by atoms with Crippen molar-refractivity contribution in [3.63, 3.8) is 0 Å². The maximum Gasteiger partial charge on any atom is 0.410 e. The van der Waals surface area contributed by atoms with Crippen molar-refractivity contribution >= 4 is 27.5 Å². The molecule has 1 aliphatic rings. The summed E-state index contributed by atoms with van der Waals surface area (Å²) in [6.07, 6.45) is -0.454. The van der Waals surface area contributed by atoms with Crippen molar-refractivity contribution in [3.05, 3.63) is 28.3 Å². The van der Waals surface area contributed by atoms with Gasteiger partial charge in [-0.05, 0) is 32.9 Å². The second kappa shape index (κ2) is 6.48. The molecule has 0 radical (unpaired) electrons. The summed E-state index contributed by atoms with van der Waals surface area (Å²) in [5, 5.41) is 19.1. The Balaban J connectivity index is 2.05. The number of ether oxygens (including phenoxy) is 1. The monoisotopic (exact) mass is 372 g/mol. The molecule has 0 aromatic heterocycles. The molecule has 0 bridgehead atoms. The molecule has 3 N–H and O–H groups in total. The summed E-state index contributed by atoms with van der Waals surface area (Å²) >= 11 is 0. The molecule has 0 aliphatic carbocycles. The third kappa shape index (κ3) is 4.79. The molecule has 1 amide bonds. The van der Waals surface area contributed by atoms with Gasteiger partial charge in [0.2, 0.25) is 10.0 Å². The second-order valence-corrected chi connectivity index (χ2v) is 8.27. The number of sulfonamides is 1. The van der Waals surface area contributed by atoms with Crippen LogP contribution < -0.4 is 10.5 Å². The molecule has 1 heterocycles. The SMILES string of the molecule is CC(C)(C)OC(=O)N1CC(Nc2ccc(S(N)(=O)=O)cc2[N+](=O)[O-])C1. The van der Waals surface area contributed by atoms with Crippen molar-refractivity contribution in [2.24, 2.45) is 5.14 Å². The van der Waals surface area contributed by atoms with Crippen LogP contribution in [0.3, 0.4) is 0 Å². The van der Waals surface area contributed by atoms with Crippen LogP contribution in [0.4, 0.5) is 16.2 Å². The highest BCUT2D eigenvalue weighted by Crippen LogP contribution is 2.29. The Morgan fingerprint density at radius 1 is 1.40 bits per heavy atom. The molecule has 138 valence electrons. The van der Waals surface area contributed by atoms with Crippen LogP contribution in [0.25, 0.3) is 0 Å². The number of hydrogen-bond acceptors (Lipinski definition) is 7. The van der Waals surface area contributed by atoms with Crippen LogP contribution in [0, 0.1) is 10.1 Å². The van der Waals surface area contributed by atoms with E-state index >= 15 is 0 Å². The highest BCUT2D eigenvalue weighted by molar-refractivity contribution is 7.89. The Bertz CT molecular complexity index is 796. The predicted molar refractivity (Wildman–Crippen MR) is 89.7 cm³/mol. The summed E-state index contributed by atoms with van der Waals surface area (Å²) in [4.78, 5) is 23.5. The van der Waals surface area contributed by atoms with Crippen LogP contribution in [-0.2, 0) is 14.8 Å². The lowest BCUT2D eigenvalue weighted by molar-refractivity contribution is -0.384. The Hall–Kier alpha value is -2.40. The summed E-state index contributed by atoms with van der Waals surface area (Å²) in [7, 11) is -4.03. The molecule has 0 saturated carbocycles. The van der Waals surface area contributed by atoms with Gasteiger partial charge in [-0.3, -0.25) is 10.1 Å². The molecule has 10 nitrogen and oxygen atoms in total. The summed E-state index contributed by atoms with van der Waals surface area (Å²) < 4.78 is 27.9. The molecule has 1 aromatic rings. The van der Waals surface area contributed by atoms with E-state index in [0.717, 1.165) is 6.07 Å². The summed E-state index contributed by atoms with van der Waals surface area (Å²) in [5.74, 6) is 0. The van der Waals surface area contributed by atoms with E-state index in [4.69, 9.17) is 9.88 Å². The minimum Gasteiger partial charge on any atom is -0.444 e. The fourth-order valence-electron chi connectivity index (χ4n) is 2.23. The van der Waals surface area contributed by atoms with Gasteiger partial charge in [0.25, 0.3) is 5.69 Å². The molecule has 1 fully saturated rings. The highest BCUT2D eigenvalue weighted by Gasteiger charge is 2.34. The fourth-order valence-corrected chi connectivity index (χ4v) is 2.76. The van der Waals surface area contributed by atoms with Crippen LogP contribution in [0.15, 0.2) is 23.1 Å². The first-order chi connectivity index (χ1) is 11.4. The lowest BCUT2D eigenvalue weighted by Gasteiger charge is -2.40. The minimum absolute atomic E-state index is 0.159. The van der Waals surface area contributed by atoms with Crippen LogP contribution in [0.5, 0.6) is 0 Å². The number of nitro groups is 1. The van der Waals surface area contributed by atoms with Crippen molar-refractivity contribution in [3.8, 4) is 0 Å². The summed E-state index contributed by atoms with van der Waals surface area (Å²) in [5.41, 5.74) is -0.841. The number of anilines is 1. The molecular formula is C14H20N4O6S. The predicted octanol–water partition coefficient (Wildman–Crippen LogP) is 1.27. The maximum absolute atomic E-state index is 11.9. The zero-order chi connectivity index (χ0) is 19.0. The summed E-state index contributed by atoms with van der Waals surface area (Å²) in [6, 6.07) is 3.18. The molecular weight excluding hydrogens is 352 g/mol. The van der Waals surface area contributed by atoms with E-state index in [1.54, 1.807) is 20.8 Å². The molecule has 0 spiro atoms. The topological polar surface area (TPSA) is 145 Å². The third-order valence-electron chi connectivity index (χ3n) is 3.39. The number of hydrogen-bond donors (Lipinski definition) is 2. The second-order valence-electron chi connectivity index (χ2n) is 6.71. The van der Waals surface area contributed by atoms with Crippen molar-refractivity contribution in [1.82, 2.24) is 4.90 Å². The average Bonchev–Trinajstić information content (AvgIpc) is 2.38. The van der Waals surface area contributed by atoms with E-state index in [9.17, 15) is 23.3 Å². The number of nitrogens with zero attached hydrogens (tertiary/aromatic N) is 2. The Morgan fingerprint density at radius 3 is 2.48 bits per heavy atom.